The summed E-state index contributed by atoms with van der Waals surface area (Å²) < 4.78 is 44.3. The molecule has 4 rings (SSSR count). The Morgan fingerprint density at radius 1 is 1.04 bits per heavy atom. The lowest BCUT2D eigenvalue weighted by molar-refractivity contribution is -0.137. The zero-order valence-corrected chi connectivity index (χ0v) is 14.8. The van der Waals surface area contributed by atoms with Gasteiger partial charge in [0.2, 0.25) is 11.8 Å². The van der Waals surface area contributed by atoms with E-state index >= 15 is 0 Å². The highest BCUT2D eigenvalue weighted by molar-refractivity contribution is 6.31. The van der Waals surface area contributed by atoms with Crippen LogP contribution in [0.3, 0.4) is 0 Å². The van der Waals surface area contributed by atoms with E-state index in [0.29, 0.717) is 22.2 Å². The predicted octanol–water partition coefficient (Wildman–Crippen LogP) is 6.17. The molecule has 0 radical (unpaired) electrons. The monoisotopic (exact) mass is 404 g/mol. The number of pyridine rings is 1. The summed E-state index contributed by atoms with van der Waals surface area (Å²) in [5.74, 6) is 0.549. The average molecular weight is 405 g/mol. The van der Waals surface area contributed by atoms with Crippen molar-refractivity contribution >= 4 is 34.3 Å². The molecule has 9 heteroatoms. The molecule has 28 heavy (non-hydrogen) atoms. The van der Waals surface area contributed by atoms with Crippen molar-refractivity contribution in [2.24, 2.45) is 0 Å². The molecule has 0 fully saturated rings. The number of benzene rings is 2. The second-order valence-electron chi connectivity index (χ2n) is 5.86. The maximum absolute atomic E-state index is 12.9. The van der Waals surface area contributed by atoms with Crippen LogP contribution in [-0.4, -0.2) is 15.0 Å². The van der Waals surface area contributed by atoms with Crippen molar-refractivity contribution in [2.45, 2.75) is 6.18 Å². The Kier molecular flexibility index (Phi) is 4.56. The summed E-state index contributed by atoms with van der Waals surface area (Å²) in [7, 11) is 0. The molecule has 0 aliphatic carbocycles. The average Bonchev–Trinajstić information content (AvgIpc) is 3.04. The zero-order chi connectivity index (χ0) is 19.7. The van der Waals surface area contributed by atoms with Crippen LogP contribution in [0.2, 0.25) is 5.02 Å². The number of nitrogens with one attached hydrogen (secondary N) is 2. The van der Waals surface area contributed by atoms with Gasteiger partial charge in [-0.2, -0.15) is 13.2 Å². The maximum atomic E-state index is 12.9. The van der Waals surface area contributed by atoms with Crippen molar-refractivity contribution in [3.63, 3.8) is 0 Å². The third-order valence-corrected chi connectivity index (χ3v) is 4.08. The van der Waals surface area contributed by atoms with Gasteiger partial charge in [-0.3, -0.25) is 0 Å². The Bertz CT molecular complexity index is 1140. The lowest BCUT2D eigenvalue weighted by Crippen LogP contribution is -2.04. The number of aromatic amines is 1. The van der Waals surface area contributed by atoms with Crippen molar-refractivity contribution in [1.29, 1.82) is 0 Å². The number of fused-ring (bicyclic) bond motifs is 1. The highest BCUT2D eigenvalue weighted by Gasteiger charge is 2.30. The third kappa shape index (κ3) is 3.86. The number of aromatic nitrogens is 3. The van der Waals surface area contributed by atoms with Gasteiger partial charge in [0.05, 0.1) is 16.6 Å². The molecular formula is C19H12ClF3N4O. The Morgan fingerprint density at radius 3 is 2.71 bits per heavy atom. The van der Waals surface area contributed by atoms with E-state index in [-0.39, 0.29) is 11.6 Å². The smallest absolute Gasteiger partial charge is 0.416 e. The van der Waals surface area contributed by atoms with E-state index in [1.165, 1.54) is 18.3 Å². The van der Waals surface area contributed by atoms with Crippen LogP contribution in [0.15, 0.2) is 60.8 Å². The number of rotatable bonds is 4. The minimum atomic E-state index is -4.46. The van der Waals surface area contributed by atoms with Crippen LogP contribution < -0.4 is 10.1 Å². The molecule has 2 aromatic heterocycles. The predicted molar refractivity (Wildman–Crippen MR) is 100 cm³/mol. The molecule has 0 aliphatic heterocycles. The number of anilines is 2. The van der Waals surface area contributed by atoms with Crippen LogP contribution in [0.1, 0.15) is 5.56 Å². The van der Waals surface area contributed by atoms with E-state index in [4.69, 9.17) is 16.3 Å². The fourth-order valence-electron chi connectivity index (χ4n) is 2.58. The van der Waals surface area contributed by atoms with Gasteiger partial charge in [0, 0.05) is 11.2 Å². The fraction of sp³-hybridized carbons (Fsp3) is 0.0526. The second-order valence-corrected chi connectivity index (χ2v) is 6.29. The summed E-state index contributed by atoms with van der Waals surface area (Å²) in [6.07, 6.45) is -2.98. The summed E-state index contributed by atoms with van der Waals surface area (Å²) >= 11 is 5.97. The first-order valence-electron chi connectivity index (χ1n) is 8.11. The number of alkyl halides is 3. The van der Waals surface area contributed by atoms with Crippen molar-refractivity contribution < 1.29 is 17.9 Å². The van der Waals surface area contributed by atoms with Gasteiger partial charge in [-0.05, 0) is 48.5 Å². The van der Waals surface area contributed by atoms with Crippen LogP contribution in [0.4, 0.5) is 24.8 Å². The fourth-order valence-corrected chi connectivity index (χ4v) is 2.76. The molecule has 0 saturated heterocycles. The summed E-state index contributed by atoms with van der Waals surface area (Å²) in [5, 5.41) is 3.59. The zero-order valence-electron chi connectivity index (χ0n) is 14.1. The molecule has 4 aromatic rings. The van der Waals surface area contributed by atoms with Crippen molar-refractivity contribution in [3.05, 3.63) is 71.4 Å². The molecule has 2 N–H and O–H groups in total. The van der Waals surface area contributed by atoms with E-state index in [2.05, 4.69) is 20.3 Å². The molecule has 0 unspecified atom stereocenters. The maximum Gasteiger partial charge on any atom is 0.416 e. The first-order chi connectivity index (χ1) is 13.4. The van der Waals surface area contributed by atoms with Crippen LogP contribution in [0.25, 0.3) is 11.0 Å². The number of H-pyrrole nitrogens is 1. The van der Waals surface area contributed by atoms with Gasteiger partial charge in [0.15, 0.2) is 0 Å². The van der Waals surface area contributed by atoms with E-state index in [0.717, 1.165) is 17.6 Å². The van der Waals surface area contributed by atoms with Gasteiger partial charge in [0.25, 0.3) is 0 Å². The molecule has 0 amide bonds. The van der Waals surface area contributed by atoms with E-state index in [1.807, 2.05) is 0 Å². The van der Waals surface area contributed by atoms with Gasteiger partial charge >= 0.3 is 6.18 Å². The first-order valence-corrected chi connectivity index (χ1v) is 8.49. The SMILES string of the molecule is FC(F)(F)c1cccc(Oc2ncccc2Nc2nc3ccc(Cl)cc3[nH]2)c1. The standard InChI is InChI=1S/C19H12ClF3N4O/c20-12-6-7-14-16(10-12)27-18(25-14)26-15-5-2-8-24-17(15)28-13-4-1-3-11(9-13)19(21,22)23/h1-10H,(H2,25,26,27). The topological polar surface area (TPSA) is 62.8 Å². The minimum absolute atomic E-state index is 0.0213. The lowest BCUT2D eigenvalue weighted by atomic mass is 10.2. The third-order valence-electron chi connectivity index (χ3n) is 3.84. The Balaban J connectivity index is 1.62. The summed E-state index contributed by atoms with van der Waals surface area (Å²) in [5.41, 5.74) is 1.07. The molecule has 142 valence electrons. The minimum Gasteiger partial charge on any atom is -0.437 e. The van der Waals surface area contributed by atoms with Crippen molar-refractivity contribution in [3.8, 4) is 11.6 Å². The molecule has 0 spiro atoms. The van der Waals surface area contributed by atoms with E-state index in [9.17, 15) is 13.2 Å². The number of hydrogen-bond acceptors (Lipinski definition) is 4. The molecule has 5 nitrogen and oxygen atoms in total. The van der Waals surface area contributed by atoms with Crippen LogP contribution in [0.5, 0.6) is 11.6 Å². The van der Waals surface area contributed by atoms with Gasteiger partial charge < -0.3 is 15.0 Å². The summed E-state index contributed by atoms with van der Waals surface area (Å²) in [4.78, 5) is 11.6. The summed E-state index contributed by atoms with van der Waals surface area (Å²) in [6, 6.07) is 13.2. The van der Waals surface area contributed by atoms with Crippen LogP contribution >= 0.6 is 11.6 Å². The van der Waals surface area contributed by atoms with Gasteiger partial charge in [0.1, 0.15) is 11.4 Å². The summed E-state index contributed by atoms with van der Waals surface area (Å²) in [6.45, 7) is 0. The van der Waals surface area contributed by atoms with Gasteiger partial charge in [-0.25, -0.2) is 9.97 Å². The largest absolute Gasteiger partial charge is 0.437 e. The molecule has 0 saturated carbocycles. The quantitative estimate of drug-likeness (QED) is 0.427. The highest BCUT2D eigenvalue weighted by atomic mass is 35.5. The Morgan fingerprint density at radius 2 is 1.89 bits per heavy atom. The number of hydrogen-bond donors (Lipinski definition) is 2. The molecule has 0 bridgehead atoms. The van der Waals surface area contributed by atoms with E-state index in [1.54, 1.807) is 30.3 Å². The molecular weight excluding hydrogens is 393 g/mol. The Labute approximate surface area is 162 Å². The molecule has 2 heterocycles. The number of ether oxygens (including phenoxy) is 1. The van der Waals surface area contributed by atoms with Crippen LogP contribution in [0, 0.1) is 0 Å². The van der Waals surface area contributed by atoms with E-state index < -0.39 is 11.7 Å². The Hall–Kier alpha value is -3.26. The molecule has 2 aromatic carbocycles. The molecule has 0 aliphatic rings. The lowest BCUT2D eigenvalue weighted by Gasteiger charge is -2.12. The first kappa shape index (κ1) is 18.1. The van der Waals surface area contributed by atoms with Crippen molar-refractivity contribution in [2.75, 3.05) is 5.32 Å². The van der Waals surface area contributed by atoms with Gasteiger partial charge in [-0.1, -0.05) is 17.7 Å². The molecule has 0 atom stereocenters. The number of imidazole rings is 1. The van der Waals surface area contributed by atoms with Crippen LogP contribution in [-0.2, 0) is 6.18 Å². The number of halogens is 4. The van der Waals surface area contributed by atoms with Gasteiger partial charge in [-0.15, -0.1) is 0 Å². The normalized spacial score (nSPS) is 11.6. The number of nitrogens with zero attached hydrogens (tertiary/aromatic N) is 2. The second kappa shape index (κ2) is 7.05. The van der Waals surface area contributed by atoms with Crippen molar-refractivity contribution in [1.82, 2.24) is 15.0 Å². The highest BCUT2D eigenvalue weighted by Crippen LogP contribution is 2.34.